The predicted molar refractivity (Wildman–Crippen MR) is 185 cm³/mol. The Bertz CT molecular complexity index is 2370. The first-order chi connectivity index (χ1) is 22.1. The second kappa shape index (κ2) is 10.9. The molecule has 0 saturated heterocycles. The van der Waals surface area contributed by atoms with Gasteiger partial charge in [0.15, 0.2) is 5.58 Å². The number of hydrogen-bond donors (Lipinski definition) is 1. The van der Waals surface area contributed by atoms with Crippen LogP contribution in [0.15, 0.2) is 138 Å². The van der Waals surface area contributed by atoms with Crippen LogP contribution in [0.25, 0.3) is 83.9 Å². The maximum Gasteiger partial charge on any atom is 0.227 e. The van der Waals surface area contributed by atoms with E-state index in [1.807, 2.05) is 73.8 Å². The fourth-order valence-corrected chi connectivity index (χ4v) is 5.95. The molecule has 3 heterocycles. The van der Waals surface area contributed by atoms with Gasteiger partial charge in [-0.3, -0.25) is 4.98 Å². The molecule has 0 fully saturated rings. The van der Waals surface area contributed by atoms with Crippen LogP contribution in [-0.4, -0.2) is 15.0 Å². The Balaban J connectivity index is 1.35. The highest BCUT2D eigenvalue weighted by molar-refractivity contribution is 5.98. The third kappa shape index (κ3) is 4.81. The summed E-state index contributed by atoms with van der Waals surface area (Å²) in [7, 11) is 0. The number of aromatic nitrogens is 3. The molecule has 0 unspecified atom stereocenters. The van der Waals surface area contributed by atoms with Gasteiger partial charge in [-0.25, -0.2) is 9.97 Å². The molecule has 0 bridgehead atoms. The van der Waals surface area contributed by atoms with E-state index in [1.165, 1.54) is 0 Å². The number of pyridine rings is 2. The Morgan fingerprint density at radius 1 is 0.644 bits per heavy atom. The Kier molecular flexibility index (Phi) is 6.42. The molecule has 214 valence electrons. The Morgan fingerprint density at radius 3 is 2.29 bits per heavy atom. The highest BCUT2D eigenvalue weighted by Crippen LogP contribution is 2.37. The van der Waals surface area contributed by atoms with E-state index in [9.17, 15) is 0 Å². The van der Waals surface area contributed by atoms with Gasteiger partial charge in [0.2, 0.25) is 5.89 Å². The number of nitrogen functional groups attached to an aromatic ring is 1. The molecule has 5 heteroatoms. The number of para-hydroxylation sites is 2. The summed E-state index contributed by atoms with van der Waals surface area (Å²) >= 11 is 0. The monoisotopic (exact) mass is 580 g/mol. The predicted octanol–water partition coefficient (Wildman–Crippen LogP) is 10.2. The van der Waals surface area contributed by atoms with Crippen LogP contribution in [0, 0.1) is 0 Å². The normalized spacial score (nSPS) is 11.7. The molecular formula is C40H28N4O. The van der Waals surface area contributed by atoms with Crippen LogP contribution in [0.3, 0.4) is 0 Å². The fourth-order valence-electron chi connectivity index (χ4n) is 5.95. The third-order valence-corrected chi connectivity index (χ3v) is 8.16. The lowest BCUT2D eigenvalue weighted by Gasteiger charge is -2.13. The third-order valence-electron chi connectivity index (χ3n) is 8.16. The van der Waals surface area contributed by atoms with Crippen molar-refractivity contribution >= 4 is 44.5 Å². The molecule has 0 aliphatic heterocycles. The van der Waals surface area contributed by atoms with Gasteiger partial charge in [-0.15, -0.1) is 0 Å². The number of nitrogens with two attached hydrogens (primary N) is 1. The zero-order chi connectivity index (χ0) is 30.3. The summed E-state index contributed by atoms with van der Waals surface area (Å²) in [4.78, 5) is 14.9. The molecule has 2 N–H and O–H groups in total. The van der Waals surface area contributed by atoms with Crippen LogP contribution < -0.4 is 5.73 Å². The van der Waals surface area contributed by atoms with Gasteiger partial charge in [-0.2, -0.15) is 0 Å². The van der Waals surface area contributed by atoms with Gasteiger partial charge < -0.3 is 10.2 Å². The zero-order valence-corrected chi connectivity index (χ0v) is 24.6. The van der Waals surface area contributed by atoms with Crippen molar-refractivity contribution in [3.63, 3.8) is 0 Å². The molecular weight excluding hydrogens is 552 g/mol. The molecule has 8 aromatic rings. The van der Waals surface area contributed by atoms with E-state index in [-0.39, 0.29) is 0 Å². The standard InChI is InChI=1S/C40H28N4O/c1-2-10-25-17-18-28-19-32(24-42-39(28)37(25)41)29-20-30(22-31(21-29)40-44-34-15-8-9-16-36(34)45-40)35-23-27-13-6-7-14-33(27)38(43-35)26-11-4-3-5-12-26/h2-24H,41H2,1H3/b10-2-. The first-order valence-electron chi connectivity index (χ1n) is 14.9. The number of allylic oxidation sites excluding steroid dienone is 1. The van der Waals surface area contributed by atoms with Crippen molar-refractivity contribution in [1.29, 1.82) is 0 Å². The van der Waals surface area contributed by atoms with Crippen LogP contribution in [0.1, 0.15) is 12.5 Å². The molecule has 0 atom stereocenters. The molecule has 0 radical (unpaired) electrons. The van der Waals surface area contributed by atoms with Gasteiger partial charge >= 0.3 is 0 Å². The maximum absolute atomic E-state index is 6.50. The van der Waals surface area contributed by atoms with E-state index >= 15 is 0 Å². The molecule has 0 saturated carbocycles. The van der Waals surface area contributed by atoms with Crippen LogP contribution in [0.4, 0.5) is 5.69 Å². The number of rotatable bonds is 5. The summed E-state index contributed by atoms with van der Waals surface area (Å²) in [5, 5.41) is 3.20. The summed E-state index contributed by atoms with van der Waals surface area (Å²) in [5.41, 5.74) is 17.1. The molecule has 45 heavy (non-hydrogen) atoms. The molecule has 0 aliphatic rings. The minimum atomic E-state index is 0.553. The lowest BCUT2D eigenvalue weighted by Crippen LogP contribution is -1.95. The molecule has 0 spiro atoms. The van der Waals surface area contributed by atoms with E-state index < -0.39 is 0 Å². The molecule has 3 aromatic heterocycles. The lowest BCUT2D eigenvalue weighted by atomic mass is 9.96. The Morgan fingerprint density at radius 2 is 1.42 bits per heavy atom. The van der Waals surface area contributed by atoms with Crippen LogP contribution in [-0.2, 0) is 0 Å². The molecule has 5 aromatic carbocycles. The van der Waals surface area contributed by atoms with Gasteiger partial charge in [-0.05, 0) is 65.9 Å². The zero-order valence-electron chi connectivity index (χ0n) is 24.6. The van der Waals surface area contributed by atoms with Gasteiger partial charge in [0.25, 0.3) is 0 Å². The smallest absolute Gasteiger partial charge is 0.227 e. The summed E-state index contributed by atoms with van der Waals surface area (Å²) in [6.45, 7) is 1.98. The molecule has 8 rings (SSSR count). The first-order valence-corrected chi connectivity index (χ1v) is 14.9. The number of fused-ring (bicyclic) bond motifs is 3. The molecule has 0 amide bonds. The van der Waals surface area contributed by atoms with Gasteiger partial charge in [0, 0.05) is 39.2 Å². The minimum Gasteiger partial charge on any atom is -0.436 e. The van der Waals surface area contributed by atoms with Crippen molar-refractivity contribution in [3.05, 3.63) is 139 Å². The summed E-state index contributed by atoms with van der Waals surface area (Å²) in [6.07, 6.45) is 5.87. The van der Waals surface area contributed by atoms with Crippen LogP contribution in [0.5, 0.6) is 0 Å². The second-order valence-corrected chi connectivity index (χ2v) is 11.1. The van der Waals surface area contributed by atoms with Gasteiger partial charge in [-0.1, -0.05) is 91.0 Å². The van der Waals surface area contributed by atoms with Gasteiger partial charge in [0.05, 0.1) is 22.6 Å². The first kappa shape index (κ1) is 26.5. The molecule has 0 aliphatic carbocycles. The van der Waals surface area contributed by atoms with Gasteiger partial charge in [0.1, 0.15) is 5.52 Å². The van der Waals surface area contributed by atoms with Crippen molar-refractivity contribution in [1.82, 2.24) is 15.0 Å². The van der Waals surface area contributed by atoms with Crippen molar-refractivity contribution in [2.24, 2.45) is 0 Å². The number of benzene rings is 5. The number of oxazole rings is 1. The van der Waals surface area contributed by atoms with E-state index in [2.05, 4.69) is 72.8 Å². The van der Waals surface area contributed by atoms with Crippen LogP contribution >= 0.6 is 0 Å². The Hall–Kier alpha value is -6.07. The second-order valence-electron chi connectivity index (χ2n) is 11.1. The topological polar surface area (TPSA) is 77.8 Å². The summed E-state index contributed by atoms with van der Waals surface area (Å²) < 4.78 is 6.25. The maximum atomic E-state index is 6.50. The van der Waals surface area contributed by atoms with Crippen molar-refractivity contribution in [2.75, 3.05) is 5.73 Å². The van der Waals surface area contributed by atoms with Crippen molar-refractivity contribution in [2.45, 2.75) is 6.92 Å². The van der Waals surface area contributed by atoms with E-state index in [4.69, 9.17) is 25.1 Å². The average Bonchev–Trinajstić information content (AvgIpc) is 3.54. The minimum absolute atomic E-state index is 0.553. The Labute approximate surface area is 260 Å². The lowest BCUT2D eigenvalue weighted by molar-refractivity contribution is 0.620. The van der Waals surface area contributed by atoms with Crippen LogP contribution in [0.2, 0.25) is 0 Å². The quantitative estimate of drug-likeness (QED) is 0.205. The number of hydrogen-bond acceptors (Lipinski definition) is 5. The van der Waals surface area contributed by atoms with E-state index in [0.29, 0.717) is 11.6 Å². The largest absolute Gasteiger partial charge is 0.436 e. The summed E-state index contributed by atoms with van der Waals surface area (Å²) in [6, 6.07) is 41.3. The summed E-state index contributed by atoms with van der Waals surface area (Å²) in [5.74, 6) is 0.553. The highest BCUT2D eigenvalue weighted by Gasteiger charge is 2.16. The number of anilines is 1. The van der Waals surface area contributed by atoms with E-state index in [1.54, 1.807) is 0 Å². The van der Waals surface area contributed by atoms with E-state index in [0.717, 1.165) is 77.5 Å². The fraction of sp³-hybridized carbons (Fsp3) is 0.0250. The molecule has 5 nitrogen and oxygen atoms in total. The van der Waals surface area contributed by atoms with Crippen molar-refractivity contribution in [3.8, 4) is 45.1 Å². The number of nitrogens with zero attached hydrogens (tertiary/aromatic N) is 3. The SMILES string of the molecule is C/C=C\c1ccc2cc(-c3cc(-c4cc5ccccc5c(-c5ccccc5)n4)cc(-c4nc5ccccc5o4)c3)cnc2c1N. The van der Waals surface area contributed by atoms with Crippen molar-refractivity contribution < 1.29 is 4.42 Å². The highest BCUT2D eigenvalue weighted by atomic mass is 16.3. The average molecular weight is 581 g/mol.